The molecule has 0 N–H and O–H groups in total. The lowest BCUT2D eigenvalue weighted by Gasteiger charge is -2.04. The van der Waals surface area contributed by atoms with Crippen LogP contribution in [0.15, 0.2) is 24.3 Å². The van der Waals surface area contributed by atoms with Gasteiger partial charge in [0.1, 0.15) is 11.5 Å². The molecular weight excluding hydrogens is 248 g/mol. The van der Waals surface area contributed by atoms with Crippen LogP contribution < -0.4 is 9.47 Å². The van der Waals surface area contributed by atoms with Crippen LogP contribution in [0, 0.1) is 0 Å². The van der Waals surface area contributed by atoms with Crippen LogP contribution in [0.25, 0.3) is 0 Å². The third-order valence-electron chi connectivity index (χ3n) is 1.43. The van der Waals surface area contributed by atoms with Crippen LogP contribution in [0.2, 0.25) is 0 Å². The van der Waals surface area contributed by atoms with Crippen LogP contribution >= 0.6 is 15.9 Å². The van der Waals surface area contributed by atoms with Gasteiger partial charge >= 0.3 is 5.97 Å². The first-order valence-electron chi connectivity index (χ1n) is 4.19. The van der Waals surface area contributed by atoms with Gasteiger partial charge in [0, 0.05) is 12.3 Å². The summed E-state index contributed by atoms with van der Waals surface area (Å²) in [5, 5.41) is 0.790. The van der Waals surface area contributed by atoms with Crippen molar-refractivity contribution in [2.75, 3.05) is 11.9 Å². The summed E-state index contributed by atoms with van der Waals surface area (Å²) >= 11 is 3.26. The van der Waals surface area contributed by atoms with Crippen molar-refractivity contribution in [1.82, 2.24) is 0 Å². The zero-order valence-electron chi connectivity index (χ0n) is 7.83. The summed E-state index contributed by atoms with van der Waals surface area (Å²) in [5.41, 5.74) is 0. The number of hydrogen-bond donors (Lipinski definition) is 0. The van der Waals surface area contributed by atoms with Gasteiger partial charge < -0.3 is 9.47 Å². The van der Waals surface area contributed by atoms with Crippen molar-refractivity contribution in [3.05, 3.63) is 24.3 Å². The average molecular weight is 259 g/mol. The zero-order valence-corrected chi connectivity index (χ0v) is 9.41. The van der Waals surface area contributed by atoms with E-state index in [0.29, 0.717) is 12.4 Å². The molecule has 0 aliphatic heterocycles. The van der Waals surface area contributed by atoms with Gasteiger partial charge in [0.05, 0.1) is 6.61 Å². The molecule has 0 saturated heterocycles. The Morgan fingerprint density at radius 2 is 1.86 bits per heavy atom. The molecule has 0 radical (unpaired) electrons. The Kier molecular flexibility index (Phi) is 4.46. The Morgan fingerprint density at radius 1 is 1.29 bits per heavy atom. The molecule has 0 amide bonds. The Morgan fingerprint density at radius 3 is 2.36 bits per heavy atom. The normalized spacial score (nSPS) is 9.57. The predicted molar refractivity (Wildman–Crippen MR) is 57.0 cm³/mol. The van der Waals surface area contributed by atoms with Crippen molar-refractivity contribution in [2.45, 2.75) is 6.92 Å². The Balaban J connectivity index is 2.54. The molecule has 3 nitrogen and oxygen atoms in total. The predicted octanol–water partition coefficient (Wildman–Crippen LogP) is 2.39. The van der Waals surface area contributed by atoms with Gasteiger partial charge in [0.15, 0.2) is 0 Å². The molecule has 14 heavy (non-hydrogen) atoms. The fourth-order valence-corrected chi connectivity index (χ4v) is 1.09. The quantitative estimate of drug-likeness (QED) is 0.473. The molecule has 1 rings (SSSR count). The lowest BCUT2D eigenvalue weighted by Crippen LogP contribution is -2.01. The second-order valence-electron chi connectivity index (χ2n) is 2.60. The standard InChI is InChI=1S/C10H11BrO3/c1-8(12)14-10-4-2-9(3-5-10)13-7-6-11/h2-5H,6-7H2,1H3. The van der Waals surface area contributed by atoms with Crippen LogP contribution in [0.4, 0.5) is 0 Å². The van der Waals surface area contributed by atoms with Gasteiger partial charge in [0.2, 0.25) is 0 Å². The van der Waals surface area contributed by atoms with E-state index in [1.807, 2.05) is 0 Å². The first kappa shape index (κ1) is 11.0. The molecule has 1 aromatic carbocycles. The molecule has 0 aromatic heterocycles. The number of hydrogen-bond acceptors (Lipinski definition) is 3. The van der Waals surface area contributed by atoms with E-state index in [0.717, 1.165) is 11.1 Å². The van der Waals surface area contributed by atoms with Gasteiger partial charge in [-0.05, 0) is 24.3 Å². The largest absolute Gasteiger partial charge is 0.493 e. The maximum Gasteiger partial charge on any atom is 0.308 e. The van der Waals surface area contributed by atoms with Crippen molar-refractivity contribution >= 4 is 21.9 Å². The second kappa shape index (κ2) is 5.65. The summed E-state index contributed by atoms with van der Waals surface area (Å²) in [5.74, 6) is 0.975. The molecule has 0 unspecified atom stereocenters. The Labute approximate surface area is 91.1 Å². The summed E-state index contributed by atoms with van der Waals surface area (Å²) in [6.45, 7) is 1.99. The number of ether oxygens (including phenoxy) is 2. The summed E-state index contributed by atoms with van der Waals surface area (Å²) in [7, 11) is 0. The number of halogens is 1. The van der Waals surface area contributed by atoms with Crippen molar-refractivity contribution in [3.63, 3.8) is 0 Å². The fraction of sp³-hybridized carbons (Fsp3) is 0.300. The molecule has 1 aromatic rings. The lowest BCUT2D eigenvalue weighted by atomic mass is 10.3. The van der Waals surface area contributed by atoms with Crippen LogP contribution in [-0.4, -0.2) is 17.9 Å². The van der Waals surface area contributed by atoms with Gasteiger partial charge in [-0.15, -0.1) is 0 Å². The van der Waals surface area contributed by atoms with E-state index in [9.17, 15) is 4.79 Å². The highest BCUT2D eigenvalue weighted by Gasteiger charge is 1.98. The maximum atomic E-state index is 10.6. The number of alkyl halides is 1. The van der Waals surface area contributed by atoms with E-state index in [-0.39, 0.29) is 5.97 Å². The molecule has 0 aliphatic rings. The number of carbonyl (C=O) groups is 1. The molecule has 0 bridgehead atoms. The third-order valence-corrected chi connectivity index (χ3v) is 1.75. The number of benzene rings is 1. The van der Waals surface area contributed by atoms with Gasteiger partial charge in [-0.25, -0.2) is 0 Å². The molecule has 0 atom stereocenters. The van der Waals surface area contributed by atoms with Gasteiger partial charge in [-0.2, -0.15) is 0 Å². The van der Waals surface area contributed by atoms with Crippen LogP contribution in [0.3, 0.4) is 0 Å². The lowest BCUT2D eigenvalue weighted by molar-refractivity contribution is -0.131. The summed E-state index contributed by atoms with van der Waals surface area (Å²) in [4.78, 5) is 10.6. The van der Waals surface area contributed by atoms with Crippen molar-refractivity contribution < 1.29 is 14.3 Å². The average Bonchev–Trinajstić information content (AvgIpc) is 2.16. The minimum atomic E-state index is -0.320. The van der Waals surface area contributed by atoms with E-state index in [1.165, 1.54) is 6.92 Å². The summed E-state index contributed by atoms with van der Waals surface area (Å²) < 4.78 is 10.2. The van der Waals surface area contributed by atoms with Gasteiger partial charge in [-0.1, -0.05) is 15.9 Å². The third kappa shape index (κ3) is 3.79. The Hall–Kier alpha value is -1.03. The minimum Gasteiger partial charge on any atom is -0.493 e. The Bertz CT molecular complexity index is 295. The molecule has 0 aliphatic carbocycles. The molecule has 0 spiro atoms. The monoisotopic (exact) mass is 258 g/mol. The molecule has 4 heteroatoms. The first-order valence-corrected chi connectivity index (χ1v) is 5.32. The highest BCUT2D eigenvalue weighted by atomic mass is 79.9. The van der Waals surface area contributed by atoms with Crippen molar-refractivity contribution in [2.24, 2.45) is 0 Å². The van der Waals surface area contributed by atoms with Crippen molar-refractivity contribution in [3.8, 4) is 11.5 Å². The summed E-state index contributed by atoms with van der Waals surface area (Å²) in [6.07, 6.45) is 0. The first-order chi connectivity index (χ1) is 6.72. The molecule has 0 fully saturated rings. The molecule has 0 heterocycles. The highest BCUT2D eigenvalue weighted by molar-refractivity contribution is 9.09. The number of carbonyl (C=O) groups excluding carboxylic acids is 1. The van der Waals surface area contributed by atoms with Crippen LogP contribution in [0.1, 0.15) is 6.92 Å². The molecule has 0 saturated carbocycles. The second-order valence-corrected chi connectivity index (χ2v) is 3.40. The van der Waals surface area contributed by atoms with E-state index in [1.54, 1.807) is 24.3 Å². The van der Waals surface area contributed by atoms with E-state index in [2.05, 4.69) is 15.9 Å². The fourth-order valence-electron chi connectivity index (χ4n) is 0.926. The minimum absolute atomic E-state index is 0.320. The van der Waals surface area contributed by atoms with E-state index in [4.69, 9.17) is 9.47 Å². The maximum absolute atomic E-state index is 10.6. The molecular formula is C10H11BrO3. The van der Waals surface area contributed by atoms with E-state index < -0.39 is 0 Å². The smallest absolute Gasteiger partial charge is 0.308 e. The molecule has 76 valence electrons. The van der Waals surface area contributed by atoms with Crippen LogP contribution in [0.5, 0.6) is 11.5 Å². The van der Waals surface area contributed by atoms with Gasteiger partial charge in [-0.3, -0.25) is 4.79 Å². The van der Waals surface area contributed by atoms with E-state index >= 15 is 0 Å². The number of esters is 1. The topological polar surface area (TPSA) is 35.5 Å². The summed E-state index contributed by atoms with van der Waals surface area (Å²) in [6, 6.07) is 6.93. The van der Waals surface area contributed by atoms with Crippen molar-refractivity contribution in [1.29, 1.82) is 0 Å². The highest BCUT2D eigenvalue weighted by Crippen LogP contribution is 2.17. The SMILES string of the molecule is CC(=O)Oc1ccc(OCCBr)cc1. The van der Waals surface area contributed by atoms with Gasteiger partial charge in [0.25, 0.3) is 0 Å². The number of rotatable bonds is 4. The zero-order chi connectivity index (χ0) is 10.4. The van der Waals surface area contributed by atoms with Crippen LogP contribution in [-0.2, 0) is 4.79 Å².